The predicted molar refractivity (Wildman–Crippen MR) is 142 cm³/mol. The number of hydrogen-bond donors (Lipinski definition) is 1. The van der Waals surface area contributed by atoms with Gasteiger partial charge >= 0.3 is 0 Å². The van der Waals surface area contributed by atoms with Crippen molar-refractivity contribution >= 4 is 16.8 Å². The molecule has 4 rings (SSSR count). The second kappa shape index (κ2) is 10.5. The van der Waals surface area contributed by atoms with Crippen LogP contribution in [0.25, 0.3) is 34.2 Å². The van der Waals surface area contributed by atoms with Crippen LogP contribution in [0.1, 0.15) is 35.6 Å². The molecule has 1 aromatic heterocycles. The normalized spacial score (nSPS) is 11.8. The summed E-state index contributed by atoms with van der Waals surface area (Å²) in [5.74, 6) is 1.63. The first-order valence-corrected chi connectivity index (χ1v) is 12.1. The van der Waals surface area contributed by atoms with E-state index < -0.39 is 11.3 Å². The van der Waals surface area contributed by atoms with Crippen LogP contribution < -0.4 is 4.74 Å². The molecule has 1 atom stereocenters. The predicted octanol–water partition coefficient (Wildman–Crippen LogP) is 6.73. The van der Waals surface area contributed by atoms with Crippen molar-refractivity contribution in [2.45, 2.75) is 47.1 Å². The van der Waals surface area contributed by atoms with Crippen LogP contribution in [-0.4, -0.2) is 31.4 Å². The fraction of sp³-hybridized carbons (Fsp3) is 0.241. The average molecular weight is 502 g/mol. The fourth-order valence-corrected chi connectivity index (χ4v) is 4.29. The topological polar surface area (TPSA) is 85.2 Å². The Kier molecular flexibility index (Phi) is 7.36. The zero-order valence-corrected chi connectivity index (χ0v) is 21.7. The minimum Gasteiger partial charge on any atom is -0.507 e. The lowest BCUT2D eigenvalue weighted by molar-refractivity contribution is -0.117. The van der Waals surface area contributed by atoms with E-state index in [2.05, 4.69) is 12.1 Å². The Balaban J connectivity index is 1.86. The minimum absolute atomic E-state index is 0.0752. The van der Waals surface area contributed by atoms with Crippen molar-refractivity contribution in [1.82, 2.24) is 15.0 Å². The van der Waals surface area contributed by atoms with Crippen LogP contribution in [0.4, 0.5) is 0 Å². The van der Waals surface area contributed by atoms with Gasteiger partial charge in [0.25, 0.3) is 5.24 Å². The number of aromatic hydroxyl groups is 1. The summed E-state index contributed by atoms with van der Waals surface area (Å²) in [4.78, 5) is 25.8. The molecule has 1 unspecified atom stereocenters. The summed E-state index contributed by atoms with van der Waals surface area (Å²) in [7, 11) is 0. The lowest BCUT2D eigenvalue weighted by Crippen LogP contribution is -2.22. The van der Waals surface area contributed by atoms with Crippen LogP contribution >= 0.6 is 11.6 Å². The van der Waals surface area contributed by atoms with Crippen molar-refractivity contribution in [2.75, 3.05) is 0 Å². The van der Waals surface area contributed by atoms with E-state index in [1.54, 1.807) is 19.1 Å². The first kappa shape index (κ1) is 25.3. The minimum atomic E-state index is -0.790. The van der Waals surface area contributed by atoms with Crippen molar-refractivity contribution in [3.8, 4) is 45.7 Å². The summed E-state index contributed by atoms with van der Waals surface area (Å²) in [6.45, 7) is 9.93. The maximum atomic E-state index is 11.5. The molecule has 0 aliphatic rings. The van der Waals surface area contributed by atoms with Crippen molar-refractivity contribution in [2.24, 2.45) is 0 Å². The Bertz CT molecular complexity index is 1380. The molecule has 0 aliphatic heterocycles. The van der Waals surface area contributed by atoms with Gasteiger partial charge in [0, 0.05) is 17.2 Å². The largest absolute Gasteiger partial charge is 0.507 e. The van der Waals surface area contributed by atoms with Gasteiger partial charge in [-0.15, -0.1) is 0 Å². The number of halogens is 1. The SMILES string of the molecule is CCC(Oc1ccc(-c2nc(-c3ccc(C)cc3C)nc(-c3ccc(C)cc3C)n2)c(O)c1)C(=O)Cl. The van der Waals surface area contributed by atoms with E-state index >= 15 is 0 Å². The van der Waals surface area contributed by atoms with Crippen molar-refractivity contribution in [3.63, 3.8) is 0 Å². The molecule has 0 bridgehead atoms. The van der Waals surface area contributed by atoms with Gasteiger partial charge in [-0.3, -0.25) is 4.79 Å². The molecule has 7 heteroatoms. The van der Waals surface area contributed by atoms with Crippen molar-refractivity contribution in [1.29, 1.82) is 0 Å². The molecule has 3 aromatic carbocycles. The molecule has 0 aliphatic carbocycles. The van der Waals surface area contributed by atoms with E-state index in [0.717, 1.165) is 33.4 Å². The van der Waals surface area contributed by atoms with E-state index in [4.69, 9.17) is 31.3 Å². The Morgan fingerprint density at radius 3 is 1.69 bits per heavy atom. The third-order valence-electron chi connectivity index (χ3n) is 5.99. The number of benzene rings is 3. The number of carbonyl (C=O) groups is 1. The highest BCUT2D eigenvalue weighted by Crippen LogP contribution is 2.34. The van der Waals surface area contributed by atoms with Gasteiger partial charge in [0.15, 0.2) is 23.6 Å². The van der Waals surface area contributed by atoms with Gasteiger partial charge in [-0.25, -0.2) is 15.0 Å². The van der Waals surface area contributed by atoms with Crippen LogP contribution in [0.2, 0.25) is 0 Å². The summed E-state index contributed by atoms with van der Waals surface area (Å²) in [6, 6.07) is 17.0. The number of carbonyl (C=O) groups excluding carboxylic acids is 1. The summed E-state index contributed by atoms with van der Waals surface area (Å²) in [6.07, 6.45) is -0.377. The Hall–Kier alpha value is -3.77. The number of rotatable bonds is 7. The maximum absolute atomic E-state index is 11.5. The third-order valence-corrected chi connectivity index (χ3v) is 6.24. The Labute approximate surface area is 216 Å². The molecular formula is C29H28ClN3O3. The van der Waals surface area contributed by atoms with Crippen LogP contribution in [0, 0.1) is 27.7 Å². The van der Waals surface area contributed by atoms with Crippen LogP contribution in [0.3, 0.4) is 0 Å². The second-order valence-electron chi connectivity index (χ2n) is 8.94. The smallest absolute Gasteiger partial charge is 0.262 e. The molecular weight excluding hydrogens is 474 g/mol. The number of hydrogen-bond acceptors (Lipinski definition) is 6. The van der Waals surface area contributed by atoms with Crippen LogP contribution in [0.5, 0.6) is 11.5 Å². The van der Waals surface area contributed by atoms with Crippen molar-refractivity contribution in [3.05, 3.63) is 76.9 Å². The molecule has 0 spiro atoms. The molecule has 184 valence electrons. The van der Waals surface area contributed by atoms with Crippen molar-refractivity contribution < 1.29 is 14.6 Å². The van der Waals surface area contributed by atoms with Gasteiger partial charge in [-0.1, -0.05) is 54.4 Å². The van der Waals surface area contributed by atoms with Gasteiger partial charge in [0.2, 0.25) is 0 Å². The fourth-order valence-electron chi connectivity index (χ4n) is 4.09. The zero-order valence-electron chi connectivity index (χ0n) is 21.0. The quantitative estimate of drug-likeness (QED) is 0.282. The highest BCUT2D eigenvalue weighted by Gasteiger charge is 2.19. The van der Waals surface area contributed by atoms with Gasteiger partial charge in [-0.2, -0.15) is 0 Å². The molecule has 4 aromatic rings. The summed E-state index contributed by atoms with van der Waals surface area (Å²) in [5.41, 5.74) is 6.59. The Morgan fingerprint density at radius 2 is 1.28 bits per heavy atom. The number of ether oxygens (including phenoxy) is 1. The number of aryl methyl sites for hydroxylation is 4. The highest BCUT2D eigenvalue weighted by molar-refractivity contribution is 6.64. The lowest BCUT2D eigenvalue weighted by Gasteiger charge is -2.15. The zero-order chi connectivity index (χ0) is 26.0. The molecule has 0 fully saturated rings. The standard InChI is InChI=1S/C29H28ClN3O3/c1-6-25(26(30)35)36-20-9-12-23(24(34)15-20)29-32-27(21-10-7-16(2)13-18(21)4)31-28(33-29)22-11-8-17(3)14-19(22)5/h7-15,25,34H,6H2,1-5H3. The van der Waals surface area contributed by atoms with E-state index in [-0.39, 0.29) is 5.75 Å². The van der Waals surface area contributed by atoms with E-state index in [1.807, 2.05) is 52.0 Å². The maximum Gasteiger partial charge on any atom is 0.262 e. The van der Waals surface area contributed by atoms with E-state index in [9.17, 15) is 9.90 Å². The first-order valence-electron chi connectivity index (χ1n) is 11.8. The van der Waals surface area contributed by atoms with Gasteiger partial charge < -0.3 is 9.84 Å². The van der Waals surface area contributed by atoms with Crippen LogP contribution in [0.15, 0.2) is 54.6 Å². The van der Waals surface area contributed by atoms with Gasteiger partial charge in [-0.05, 0) is 69.0 Å². The molecule has 0 amide bonds. The molecule has 0 saturated carbocycles. The summed E-state index contributed by atoms with van der Waals surface area (Å²) in [5, 5.41) is 10.3. The summed E-state index contributed by atoms with van der Waals surface area (Å²) >= 11 is 5.60. The molecule has 36 heavy (non-hydrogen) atoms. The number of nitrogens with zero attached hydrogens (tertiary/aromatic N) is 3. The summed E-state index contributed by atoms with van der Waals surface area (Å²) < 4.78 is 5.64. The Morgan fingerprint density at radius 1 is 0.806 bits per heavy atom. The number of phenolic OH excluding ortho intramolecular Hbond substituents is 1. The molecule has 1 heterocycles. The number of aromatic nitrogens is 3. The number of phenols is 1. The second-order valence-corrected chi connectivity index (χ2v) is 9.31. The highest BCUT2D eigenvalue weighted by atomic mass is 35.5. The van der Waals surface area contributed by atoms with Gasteiger partial charge in [0.05, 0.1) is 5.56 Å². The monoisotopic (exact) mass is 501 g/mol. The molecule has 0 radical (unpaired) electrons. The van der Waals surface area contributed by atoms with E-state index in [0.29, 0.717) is 35.2 Å². The first-order chi connectivity index (χ1) is 17.2. The third kappa shape index (κ3) is 5.39. The molecule has 6 nitrogen and oxygen atoms in total. The van der Waals surface area contributed by atoms with Crippen LogP contribution in [-0.2, 0) is 4.79 Å². The lowest BCUT2D eigenvalue weighted by atomic mass is 10.0. The van der Waals surface area contributed by atoms with Gasteiger partial charge in [0.1, 0.15) is 11.5 Å². The molecule has 1 N–H and O–H groups in total. The molecule has 0 saturated heterocycles. The average Bonchev–Trinajstić information content (AvgIpc) is 2.82. The van der Waals surface area contributed by atoms with E-state index in [1.165, 1.54) is 6.07 Å².